The largest absolute Gasteiger partial charge is 0.469 e. The topological polar surface area (TPSA) is 26.3 Å². The predicted octanol–water partition coefficient (Wildman–Crippen LogP) is 4.04. The highest BCUT2D eigenvalue weighted by molar-refractivity contribution is 6.31. The van der Waals surface area contributed by atoms with Crippen molar-refractivity contribution in [1.29, 1.82) is 0 Å². The number of hydrogen-bond acceptors (Lipinski definition) is 2. The summed E-state index contributed by atoms with van der Waals surface area (Å²) in [4.78, 5) is 11.6. The number of halogens is 1. The van der Waals surface area contributed by atoms with Crippen LogP contribution in [-0.2, 0) is 9.53 Å². The van der Waals surface area contributed by atoms with E-state index in [0.29, 0.717) is 5.02 Å². The molecule has 21 heavy (non-hydrogen) atoms. The van der Waals surface area contributed by atoms with Crippen LogP contribution < -0.4 is 0 Å². The van der Waals surface area contributed by atoms with Gasteiger partial charge in [-0.3, -0.25) is 4.79 Å². The van der Waals surface area contributed by atoms with Crippen molar-refractivity contribution in [3.05, 3.63) is 70.7 Å². The zero-order valence-electron chi connectivity index (χ0n) is 11.7. The van der Waals surface area contributed by atoms with E-state index in [-0.39, 0.29) is 18.3 Å². The van der Waals surface area contributed by atoms with Gasteiger partial charge in [0, 0.05) is 10.6 Å². The van der Waals surface area contributed by atoms with Gasteiger partial charge in [-0.1, -0.05) is 59.8 Å². The lowest BCUT2D eigenvalue weighted by molar-refractivity contribution is -0.140. The van der Waals surface area contributed by atoms with Crippen LogP contribution in [-0.4, -0.2) is 13.1 Å². The third-order valence-corrected chi connectivity index (χ3v) is 3.39. The fraction of sp³-hybridized carbons (Fsp3) is 0.167. The summed E-state index contributed by atoms with van der Waals surface area (Å²) in [5.74, 6) is 5.62. The SMILES string of the molecule is COC(=O)CC(C#Cc1ccccc1)c1ccccc1Cl. The second kappa shape index (κ2) is 7.52. The zero-order chi connectivity index (χ0) is 15.1. The van der Waals surface area contributed by atoms with Gasteiger partial charge < -0.3 is 4.74 Å². The van der Waals surface area contributed by atoms with Gasteiger partial charge in [-0.05, 0) is 23.8 Å². The predicted molar refractivity (Wildman–Crippen MR) is 84.1 cm³/mol. The van der Waals surface area contributed by atoms with E-state index in [2.05, 4.69) is 11.8 Å². The van der Waals surface area contributed by atoms with Crippen LogP contribution in [0.2, 0.25) is 5.02 Å². The Bertz CT molecular complexity index is 668. The lowest BCUT2D eigenvalue weighted by atomic mass is 9.96. The molecule has 0 aliphatic heterocycles. The number of hydrogen-bond donors (Lipinski definition) is 0. The van der Waals surface area contributed by atoms with E-state index in [1.807, 2.05) is 48.5 Å². The summed E-state index contributed by atoms with van der Waals surface area (Å²) in [6, 6.07) is 17.1. The van der Waals surface area contributed by atoms with Crippen molar-refractivity contribution in [2.45, 2.75) is 12.3 Å². The third-order valence-electron chi connectivity index (χ3n) is 3.04. The standard InChI is InChI=1S/C18H15ClO2/c1-21-18(20)13-15(16-9-5-6-10-17(16)19)12-11-14-7-3-2-4-8-14/h2-10,15H,13H2,1H3. The van der Waals surface area contributed by atoms with E-state index in [1.54, 1.807) is 6.07 Å². The summed E-state index contributed by atoms with van der Waals surface area (Å²) in [6.45, 7) is 0. The molecule has 0 aliphatic rings. The maximum Gasteiger partial charge on any atom is 0.307 e. The molecule has 0 saturated heterocycles. The number of ether oxygens (including phenoxy) is 1. The van der Waals surface area contributed by atoms with Gasteiger partial charge in [0.05, 0.1) is 19.4 Å². The molecule has 0 bridgehead atoms. The summed E-state index contributed by atoms with van der Waals surface area (Å²) in [5.41, 5.74) is 1.74. The van der Waals surface area contributed by atoms with Gasteiger partial charge in [-0.15, -0.1) is 0 Å². The van der Waals surface area contributed by atoms with Gasteiger partial charge in [0.25, 0.3) is 0 Å². The molecule has 0 fully saturated rings. The third kappa shape index (κ3) is 4.37. The second-order valence-electron chi connectivity index (χ2n) is 4.49. The summed E-state index contributed by atoms with van der Waals surface area (Å²) in [5, 5.41) is 0.605. The Morgan fingerprint density at radius 1 is 1.14 bits per heavy atom. The molecule has 0 saturated carbocycles. The van der Waals surface area contributed by atoms with E-state index < -0.39 is 0 Å². The maximum absolute atomic E-state index is 11.6. The minimum absolute atomic E-state index is 0.181. The van der Waals surface area contributed by atoms with Crippen molar-refractivity contribution in [3.63, 3.8) is 0 Å². The van der Waals surface area contributed by atoms with E-state index in [9.17, 15) is 4.79 Å². The molecule has 0 spiro atoms. The molecule has 106 valence electrons. The van der Waals surface area contributed by atoms with Crippen molar-refractivity contribution in [2.75, 3.05) is 7.11 Å². The smallest absolute Gasteiger partial charge is 0.307 e. The normalized spacial score (nSPS) is 11.1. The zero-order valence-corrected chi connectivity index (χ0v) is 12.4. The first-order chi connectivity index (χ1) is 10.2. The van der Waals surface area contributed by atoms with Crippen LogP contribution in [0.3, 0.4) is 0 Å². The molecule has 0 radical (unpaired) electrons. The van der Waals surface area contributed by atoms with Crippen LogP contribution in [0.4, 0.5) is 0 Å². The number of carbonyl (C=O) groups excluding carboxylic acids is 1. The average Bonchev–Trinajstić information content (AvgIpc) is 2.53. The minimum atomic E-state index is -0.303. The van der Waals surface area contributed by atoms with E-state index in [4.69, 9.17) is 16.3 Å². The highest BCUT2D eigenvalue weighted by atomic mass is 35.5. The molecule has 0 aromatic heterocycles. The lowest BCUT2D eigenvalue weighted by Gasteiger charge is -2.11. The quantitative estimate of drug-likeness (QED) is 0.631. The Balaban J connectivity index is 2.31. The van der Waals surface area contributed by atoms with Crippen LogP contribution in [0.1, 0.15) is 23.5 Å². The molecule has 0 N–H and O–H groups in total. The maximum atomic E-state index is 11.6. The Kier molecular flexibility index (Phi) is 5.43. The van der Waals surface area contributed by atoms with Gasteiger partial charge in [0.1, 0.15) is 0 Å². The van der Waals surface area contributed by atoms with Crippen molar-refractivity contribution in [1.82, 2.24) is 0 Å². The number of benzene rings is 2. The number of methoxy groups -OCH3 is 1. The Morgan fingerprint density at radius 3 is 2.48 bits per heavy atom. The first-order valence-electron chi connectivity index (χ1n) is 6.58. The van der Waals surface area contributed by atoms with E-state index >= 15 is 0 Å². The van der Waals surface area contributed by atoms with Gasteiger partial charge in [-0.2, -0.15) is 0 Å². The summed E-state index contributed by atoms with van der Waals surface area (Å²) in [7, 11) is 1.37. The number of rotatable bonds is 3. The molecule has 2 rings (SSSR count). The monoisotopic (exact) mass is 298 g/mol. The highest BCUT2D eigenvalue weighted by Gasteiger charge is 2.16. The van der Waals surface area contributed by atoms with E-state index in [0.717, 1.165) is 11.1 Å². The molecule has 2 aromatic rings. The molecule has 0 aliphatic carbocycles. The lowest BCUT2D eigenvalue weighted by Crippen LogP contribution is -2.07. The molecule has 2 aromatic carbocycles. The average molecular weight is 299 g/mol. The molecule has 1 atom stereocenters. The minimum Gasteiger partial charge on any atom is -0.469 e. The highest BCUT2D eigenvalue weighted by Crippen LogP contribution is 2.27. The van der Waals surface area contributed by atoms with Gasteiger partial charge >= 0.3 is 5.97 Å². The molecule has 3 heteroatoms. The van der Waals surface area contributed by atoms with Gasteiger partial charge in [0.15, 0.2) is 0 Å². The second-order valence-corrected chi connectivity index (χ2v) is 4.90. The molecular weight excluding hydrogens is 284 g/mol. The molecule has 2 nitrogen and oxygen atoms in total. The first kappa shape index (κ1) is 15.2. The fourth-order valence-corrected chi connectivity index (χ4v) is 2.21. The summed E-state index contributed by atoms with van der Waals surface area (Å²) < 4.78 is 4.74. The Hall–Kier alpha value is -2.24. The Morgan fingerprint density at radius 2 is 1.81 bits per heavy atom. The van der Waals surface area contributed by atoms with Crippen LogP contribution in [0.5, 0.6) is 0 Å². The van der Waals surface area contributed by atoms with Crippen molar-refractivity contribution in [3.8, 4) is 11.8 Å². The van der Waals surface area contributed by atoms with E-state index in [1.165, 1.54) is 7.11 Å². The van der Waals surface area contributed by atoms with Crippen LogP contribution >= 0.6 is 11.6 Å². The fourth-order valence-electron chi connectivity index (χ4n) is 1.94. The summed E-state index contributed by atoms with van der Waals surface area (Å²) >= 11 is 6.21. The molecular formula is C18H15ClO2. The Labute approximate surface area is 129 Å². The van der Waals surface area contributed by atoms with Crippen LogP contribution in [0, 0.1) is 11.8 Å². The van der Waals surface area contributed by atoms with Crippen LogP contribution in [0.25, 0.3) is 0 Å². The first-order valence-corrected chi connectivity index (χ1v) is 6.96. The number of esters is 1. The molecule has 0 amide bonds. The van der Waals surface area contributed by atoms with Crippen molar-refractivity contribution < 1.29 is 9.53 Å². The molecule has 1 unspecified atom stereocenters. The number of carbonyl (C=O) groups is 1. The van der Waals surface area contributed by atoms with Crippen molar-refractivity contribution >= 4 is 17.6 Å². The van der Waals surface area contributed by atoms with Crippen molar-refractivity contribution in [2.24, 2.45) is 0 Å². The summed E-state index contributed by atoms with van der Waals surface area (Å²) in [6.07, 6.45) is 0.181. The van der Waals surface area contributed by atoms with Gasteiger partial charge in [0.2, 0.25) is 0 Å². The van der Waals surface area contributed by atoms with Crippen LogP contribution in [0.15, 0.2) is 54.6 Å². The van der Waals surface area contributed by atoms with Gasteiger partial charge in [-0.25, -0.2) is 0 Å². The molecule has 0 heterocycles.